The first-order valence-electron chi connectivity index (χ1n) is 5.85. The van der Waals surface area contributed by atoms with Gasteiger partial charge in [-0.15, -0.1) is 0 Å². The predicted octanol–water partition coefficient (Wildman–Crippen LogP) is 1.51. The van der Waals surface area contributed by atoms with Gasteiger partial charge < -0.3 is 10.1 Å². The number of rotatable bonds is 7. The Hall–Kier alpha value is -0.920. The number of anilines is 1. The molecule has 0 fully saturated rings. The van der Waals surface area contributed by atoms with E-state index in [2.05, 4.69) is 15.3 Å². The van der Waals surface area contributed by atoms with Crippen molar-refractivity contribution in [3.63, 3.8) is 0 Å². The summed E-state index contributed by atoms with van der Waals surface area (Å²) in [6.45, 7) is 4.46. The van der Waals surface area contributed by atoms with Gasteiger partial charge in [-0.2, -0.15) is 0 Å². The third-order valence-electron chi connectivity index (χ3n) is 2.12. The second kappa shape index (κ2) is 7.02. The molecule has 0 aliphatic carbocycles. The van der Waals surface area contributed by atoms with Crippen molar-refractivity contribution in [1.82, 2.24) is 9.97 Å². The molecule has 0 aromatic carbocycles. The first-order chi connectivity index (χ1) is 8.80. The Morgan fingerprint density at radius 3 is 2.74 bits per heavy atom. The Bertz CT molecular complexity index is 522. The maximum atomic E-state index is 11.2. The molecule has 0 aliphatic heterocycles. The minimum Gasteiger partial charge on any atom is -0.374 e. The summed E-state index contributed by atoms with van der Waals surface area (Å²) in [5.74, 6) is 0.976. The van der Waals surface area contributed by atoms with E-state index in [9.17, 15) is 8.42 Å². The van der Waals surface area contributed by atoms with Gasteiger partial charge >= 0.3 is 0 Å². The number of hydrogen-bond donors (Lipinski definition) is 1. The van der Waals surface area contributed by atoms with E-state index in [0.717, 1.165) is 0 Å². The largest absolute Gasteiger partial charge is 0.374 e. The smallest absolute Gasteiger partial charge is 0.158 e. The highest BCUT2D eigenvalue weighted by Crippen LogP contribution is 2.13. The Labute approximate surface area is 118 Å². The lowest BCUT2D eigenvalue weighted by Gasteiger charge is -2.14. The van der Waals surface area contributed by atoms with E-state index in [1.807, 2.05) is 6.92 Å². The Kier molecular flexibility index (Phi) is 5.96. The molecule has 0 saturated heterocycles. The summed E-state index contributed by atoms with van der Waals surface area (Å²) in [6, 6.07) is 1.29. The summed E-state index contributed by atoms with van der Waals surface area (Å²) < 4.78 is 27.6. The van der Waals surface area contributed by atoms with Crippen molar-refractivity contribution in [1.29, 1.82) is 0 Å². The summed E-state index contributed by atoms with van der Waals surface area (Å²) in [4.78, 5) is 8.24. The van der Waals surface area contributed by atoms with Crippen LogP contribution >= 0.6 is 11.6 Å². The van der Waals surface area contributed by atoms with E-state index in [4.69, 9.17) is 16.3 Å². The predicted molar refractivity (Wildman–Crippen MR) is 75.2 cm³/mol. The Morgan fingerprint density at radius 2 is 2.16 bits per heavy atom. The topological polar surface area (TPSA) is 81.2 Å². The van der Waals surface area contributed by atoms with Crippen molar-refractivity contribution in [2.24, 2.45) is 0 Å². The molecule has 0 radical (unpaired) electrons. The average molecular weight is 308 g/mol. The number of nitrogens with one attached hydrogen (secondary N) is 1. The van der Waals surface area contributed by atoms with Gasteiger partial charge in [-0.3, -0.25) is 0 Å². The molecule has 1 rings (SSSR count). The van der Waals surface area contributed by atoms with E-state index < -0.39 is 9.84 Å². The van der Waals surface area contributed by atoms with Crippen LogP contribution in [0.1, 0.15) is 19.7 Å². The fraction of sp³-hybridized carbons (Fsp3) is 0.636. The minimum atomic E-state index is -3.04. The molecule has 1 unspecified atom stereocenters. The minimum absolute atomic E-state index is 0.0232. The van der Waals surface area contributed by atoms with E-state index in [1.54, 1.807) is 13.0 Å². The molecule has 8 heteroatoms. The molecular weight excluding hydrogens is 290 g/mol. The van der Waals surface area contributed by atoms with Gasteiger partial charge in [-0.1, -0.05) is 11.6 Å². The van der Waals surface area contributed by atoms with E-state index in [-0.39, 0.29) is 18.4 Å². The van der Waals surface area contributed by atoms with Gasteiger partial charge in [-0.05, 0) is 13.8 Å². The van der Waals surface area contributed by atoms with Gasteiger partial charge in [0.25, 0.3) is 0 Å². The van der Waals surface area contributed by atoms with E-state index in [0.29, 0.717) is 23.4 Å². The van der Waals surface area contributed by atoms with Crippen LogP contribution < -0.4 is 5.32 Å². The average Bonchev–Trinajstić information content (AvgIpc) is 2.22. The van der Waals surface area contributed by atoms with Crippen molar-refractivity contribution in [2.45, 2.75) is 26.5 Å². The number of nitrogens with zero attached hydrogens (tertiary/aromatic N) is 2. The van der Waals surface area contributed by atoms with Crippen LogP contribution in [-0.2, 0) is 21.2 Å². The lowest BCUT2D eigenvalue weighted by atomic mass is 10.4. The SMILES string of the molecule is CCOCc1nc(Cl)cc(NC(C)CS(C)(=O)=O)n1. The molecule has 108 valence electrons. The first kappa shape index (κ1) is 16.1. The van der Waals surface area contributed by atoms with E-state index >= 15 is 0 Å². The number of ether oxygens (including phenoxy) is 1. The standard InChI is InChI=1S/C11H18ClN3O3S/c1-4-18-6-11-14-9(12)5-10(15-11)13-8(2)7-19(3,16)17/h5,8H,4,6-7H2,1-3H3,(H,13,14,15). The van der Waals surface area contributed by atoms with Crippen LogP contribution in [0, 0.1) is 0 Å². The van der Waals surface area contributed by atoms with Crippen LogP contribution in [0.15, 0.2) is 6.07 Å². The molecule has 1 heterocycles. The summed E-state index contributed by atoms with van der Waals surface area (Å²) in [7, 11) is -3.04. The lowest BCUT2D eigenvalue weighted by molar-refractivity contribution is 0.128. The van der Waals surface area contributed by atoms with Crippen LogP contribution in [0.5, 0.6) is 0 Å². The van der Waals surface area contributed by atoms with E-state index in [1.165, 1.54) is 6.26 Å². The first-order valence-corrected chi connectivity index (χ1v) is 8.29. The lowest BCUT2D eigenvalue weighted by Crippen LogP contribution is -2.25. The molecule has 19 heavy (non-hydrogen) atoms. The third-order valence-corrected chi connectivity index (χ3v) is 3.42. The molecule has 0 amide bonds. The summed E-state index contributed by atoms with van der Waals surface area (Å²) in [5, 5.41) is 3.28. The molecule has 0 aliphatic rings. The summed E-state index contributed by atoms with van der Waals surface area (Å²) in [5.41, 5.74) is 0. The molecule has 0 spiro atoms. The number of sulfone groups is 1. The molecule has 0 saturated carbocycles. The highest BCUT2D eigenvalue weighted by atomic mass is 35.5. The third kappa shape index (κ3) is 6.70. The Balaban J connectivity index is 2.74. The van der Waals surface area contributed by atoms with Crippen LogP contribution in [0.25, 0.3) is 0 Å². The normalized spacial score (nSPS) is 13.3. The van der Waals surface area contributed by atoms with Crippen LogP contribution in [0.3, 0.4) is 0 Å². The summed E-state index contributed by atoms with van der Waals surface area (Å²) >= 11 is 5.88. The van der Waals surface area contributed by atoms with Crippen molar-refractivity contribution in [3.05, 3.63) is 17.0 Å². The summed E-state index contributed by atoms with van der Waals surface area (Å²) in [6.07, 6.45) is 1.19. The molecule has 1 aromatic rings. The highest BCUT2D eigenvalue weighted by Gasteiger charge is 2.12. The van der Waals surface area contributed by atoms with Crippen molar-refractivity contribution in [3.8, 4) is 0 Å². The molecule has 1 N–H and O–H groups in total. The monoisotopic (exact) mass is 307 g/mol. The zero-order chi connectivity index (χ0) is 14.5. The fourth-order valence-corrected chi connectivity index (χ4v) is 2.74. The number of halogens is 1. The second-order valence-electron chi connectivity index (χ2n) is 4.27. The van der Waals surface area contributed by atoms with Crippen LogP contribution in [-0.4, -0.2) is 43.0 Å². The molecule has 1 aromatic heterocycles. The quantitative estimate of drug-likeness (QED) is 0.769. The van der Waals surface area contributed by atoms with Gasteiger partial charge in [0, 0.05) is 25.0 Å². The van der Waals surface area contributed by atoms with Crippen molar-refractivity contribution < 1.29 is 13.2 Å². The molecular formula is C11H18ClN3O3S. The molecule has 1 atom stereocenters. The molecule has 0 bridgehead atoms. The number of aromatic nitrogens is 2. The maximum absolute atomic E-state index is 11.2. The van der Waals surface area contributed by atoms with Crippen LogP contribution in [0.4, 0.5) is 5.82 Å². The number of hydrogen-bond acceptors (Lipinski definition) is 6. The van der Waals surface area contributed by atoms with Crippen molar-refractivity contribution in [2.75, 3.05) is 23.9 Å². The second-order valence-corrected chi connectivity index (χ2v) is 6.84. The zero-order valence-corrected chi connectivity index (χ0v) is 12.8. The molecule has 6 nitrogen and oxygen atoms in total. The highest BCUT2D eigenvalue weighted by molar-refractivity contribution is 7.90. The zero-order valence-electron chi connectivity index (χ0n) is 11.2. The van der Waals surface area contributed by atoms with Crippen LogP contribution in [0.2, 0.25) is 5.15 Å². The fourth-order valence-electron chi connectivity index (χ4n) is 1.54. The Morgan fingerprint density at radius 1 is 1.47 bits per heavy atom. The van der Waals surface area contributed by atoms with Gasteiger partial charge in [-0.25, -0.2) is 18.4 Å². The van der Waals surface area contributed by atoms with Crippen molar-refractivity contribution >= 4 is 27.3 Å². The van der Waals surface area contributed by atoms with Gasteiger partial charge in [0.2, 0.25) is 0 Å². The van der Waals surface area contributed by atoms with Gasteiger partial charge in [0.1, 0.15) is 27.4 Å². The maximum Gasteiger partial charge on any atom is 0.158 e. The van der Waals surface area contributed by atoms with Gasteiger partial charge in [0.15, 0.2) is 5.82 Å². The van der Waals surface area contributed by atoms with Gasteiger partial charge in [0.05, 0.1) is 5.75 Å².